The highest BCUT2D eigenvalue weighted by atomic mass is 35.5. The Balaban J connectivity index is 1.61. The Morgan fingerprint density at radius 1 is 1.19 bits per heavy atom. The number of rotatable bonds is 6. The van der Waals surface area contributed by atoms with Gasteiger partial charge in [-0.05, 0) is 73.9 Å². The lowest BCUT2D eigenvalue weighted by atomic mass is 10.0. The standard InChI is InChI=1S/C23H21ClN2O4S2/c1-3-28-22(27)20-17(9-14-7-8-18-19(10-14)30-12-29-18)13(2)32-21(20)26-23(31)25-16-6-4-5-15(24)11-16/h4-8,10-11H,3,9,12H2,1-2H3,(H2,25,26,31). The Kier molecular flexibility index (Phi) is 6.83. The summed E-state index contributed by atoms with van der Waals surface area (Å²) in [5, 5.41) is 7.84. The van der Waals surface area contributed by atoms with Gasteiger partial charge >= 0.3 is 5.97 Å². The zero-order chi connectivity index (χ0) is 22.7. The number of thiophene rings is 1. The molecule has 32 heavy (non-hydrogen) atoms. The normalized spacial score (nSPS) is 11.8. The lowest BCUT2D eigenvalue weighted by Crippen LogP contribution is -2.20. The molecule has 0 spiro atoms. The summed E-state index contributed by atoms with van der Waals surface area (Å²) in [4.78, 5) is 13.9. The molecule has 0 radical (unpaired) electrons. The largest absolute Gasteiger partial charge is 0.462 e. The first kappa shape index (κ1) is 22.4. The Bertz CT molecular complexity index is 1180. The molecule has 0 fully saturated rings. The van der Waals surface area contributed by atoms with Crippen LogP contribution in [-0.2, 0) is 11.2 Å². The summed E-state index contributed by atoms with van der Waals surface area (Å²) in [5.41, 5.74) is 3.14. The van der Waals surface area contributed by atoms with Crippen molar-refractivity contribution in [1.82, 2.24) is 0 Å². The van der Waals surface area contributed by atoms with Crippen LogP contribution in [-0.4, -0.2) is 24.5 Å². The smallest absolute Gasteiger partial charge is 0.341 e. The number of carbonyl (C=O) groups is 1. The minimum absolute atomic E-state index is 0.218. The summed E-state index contributed by atoms with van der Waals surface area (Å²) in [6, 6.07) is 13.0. The van der Waals surface area contributed by atoms with Crippen molar-refractivity contribution in [2.45, 2.75) is 20.3 Å². The van der Waals surface area contributed by atoms with Gasteiger partial charge in [-0.15, -0.1) is 11.3 Å². The van der Waals surface area contributed by atoms with Gasteiger partial charge in [-0.1, -0.05) is 23.7 Å². The van der Waals surface area contributed by atoms with E-state index < -0.39 is 0 Å². The van der Waals surface area contributed by atoms with Crippen molar-refractivity contribution >= 4 is 56.9 Å². The maximum atomic E-state index is 12.9. The molecular formula is C23H21ClN2O4S2. The van der Waals surface area contributed by atoms with Crippen molar-refractivity contribution in [3.05, 3.63) is 69.1 Å². The maximum Gasteiger partial charge on any atom is 0.341 e. The average Bonchev–Trinajstić information content (AvgIpc) is 3.32. The quantitative estimate of drug-likeness (QED) is 0.325. The van der Waals surface area contributed by atoms with Gasteiger partial charge in [-0.3, -0.25) is 0 Å². The molecule has 0 aliphatic carbocycles. The van der Waals surface area contributed by atoms with Crippen LogP contribution >= 0.6 is 35.2 Å². The highest BCUT2D eigenvalue weighted by molar-refractivity contribution is 7.80. The second-order valence-corrected chi connectivity index (χ2v) is 9.08. The number of fused-ring (bicyclic) bond motifs is 1. The van der Waals surface area contributed by atoms with Crippen LogP contribution in [0, 0.1) is 6.92 Å². The van der Waals surface area contributed by atoms with Crippen molar-refractivity contribution < 1.29 is 19.0 Å². The fourth-order valence-electron chi connectivity index (χ4n) is 3.39. The number of aryl methyl sites for hydroxylation is 1. The molecule has 2 heterocycles. The summed E-state index contributed by atoms with van der Waals surface area (Å²) in [5.74, 6) is 1.04. The van der Waals surface area contributed by atoms with E-state index in [1.807, 2.05) is 37.3 Å². The molecule has 4 rings (SSSR count). The van der Waals surface area contributed by atoms with E-state index in [0.29, 0.717) is 32.9 Å². The topological polar surface area (TPSA) is 68.8 Å². The number of hydrogen-bond donors (Lipinski definition) is 2. The van der Waals surface area contributed by atoms with Crippen molar-refractivity contribution in [2.75, 3.05) is 24.0 Å². The number of carbonyl (C=O) groups excluding carboxylic acids is 1. The molecule has 0 saturated heterocycles. The van der Waals surface area contributed by atoms with Crippen LogP contribution in [0.5, 0.6) is 11.5 Å². The fraction of sp³-hybridized carbons (Fsp3) is 0.217. The molecule has 1 aliphatic rings. The number of hydrogen-bond acceptors (Lipinski definition) is 6. The van der Waals surface area contributed by atoms with Gasteiger partial charge in [0.15, 0.2) is 16.6 Å². The SMILES string of the molecule is CCOC(=O)c1c(NC(=S)Nc2cccc(Cl)c2)sc(C)c1Cc1ccc2c(c1)OCO2. The molecule has 3 aromatic rings. The van der Waals surface area contributed by atoms with Gasteiger partial charge in [-0.25, -0.2) is 4.79 Å². The van der Waals surface area contributed by atoms with E-state index in [2.05, 4.69) is 10.6 Å². The van der Waals surface area contributed by atoms with E-state index in [-0.39, 0.29) is 19.4 Å². The van der Waals surface area contributed by atoms with Crippen LogP contribution in [0.1, 0.15) is 33.3 Å². The molecule has 1 aromatic heterocycles. The van der Waals surface area contributed by atoms with E-state index in [0.717, 1.165) is 27.4 Å². The minimum atomic E-state index is -0.388. The van der Waals surface area contributed by atoms with E-state index in [4.69, 9.17) is 38.0 Å². The summed E-state index contributed by atoms with van der Waals surface area (Å²) in [7, 11) is 0. The molecule has 2 aromatic carbocycles. The molecule has 1 aliphatic heterocycles. The minimum Gasteiger partial charge on any atom is -0.462 e. The van der Waals surface area contributed by atoms with E-state index in [1.165, 1.54) is 11.3 Å². The highest BCUT2D eigenvalue weighted by Crippen LogP contribution is 2.38. The predicted octanol–water partition coefficient (Wildman–Crippen LogP) is 6.02. The van der Waals surface area contributed by atoms with Crippen LogP contribution in [0.15, 0.2) is 42.5 Å². The first-order valence-electron chi connectivity index (χ1n) is 9.96. The van der Waals surface area contributed by atoms with Crippen molar-refractivity contribution in [3.8, 4) is 11.5 Å². The van der Waals surface area contributed by atoms with Crippen LogP contribution in [0.2, 0.25) is 5.02 Å². The number of nitrogens with one attached hydrogen (secondary N) is 2. The van der Waals surface area contributed by atoms with E-state index in [1.54, 1.807) is 19.1 Å². The number of esters is 1. The van der Waals surface area contributed by atoms with Gasteiger partial charge in [0.1, 0.15) is 5.00 Å². The number of ether oxygens (including phenoxy) is 3. The van der Waals surface area contributed by atoms with Gasteiger partial charge in [0.2, 0.25) is 6.79 Å². The first-order chi connectivity index (χ1) is 15.4. The zero-order valence-corrected chi connectivity index (χ0v) is 19.9. The number of benzene rings is 2. The van der Waals surface area contributed by atoms with Crippen LogP contribution < -0.4 is 20.1 Å². The van der Waals surface area contributed by atoms with Gasteiger partial charge in [0, 0.05) is 15.6 Å². The average molecular weight is 489 g/mol. The second-order valence-electron chi connectivity index (χ2n) is 7.02. The van der Waals surface area contributed by atoms with Gasteiger partial charge < -0.3 is 24.8 Å². The number of thiocarbonyl (C=S) groups is 1. The van der Waals surface area contributed by atoms with E-state index in [9.17, 15) is 4.79 Å². The Hall–Kier alpha value is -2.81. The van der Waals surface area contributed by atoms with Crippen molar-refractivity contribution in [3.63, 3.8) is 0 Å². The Morgan fingerprint density at radius 2 is 2.00 bits per heavy atom. The fourth-order valence-corrected chi connectivity index (χ4v) is 4.93. The molecule has 9 heteroatoms. The molecule has 166 valence electrons. The lowest BCUT2D eigenvalue weighted by molar-refractivity contribution is 0.0527. The Labute approximate surface area is 200 Å². The molecule has 0 atom stereocenters. The molecule has 0 unspecified atom stereocenters. The van der Waals surface area contributed by atoms with E-state index >= 15 is 0 Å². The summed E-state index contributed by atoms with van der Waals surface area (Å²) in [6.45, 7) is 4.26. The molecule has 0 bridgehead atoms. The zero-order valence-electron chi connectivity index (χ0n) is 17.5. The van der Waals surface area contributed by atoms with Gasteiger partial charge in [0.05, 0.1) is 12.2 Å². The molecule has 6 nitrogen and oxygen atoms in total. The summed E-state index contributed by atoms with van der Waals surface area (Å²) < 4.78 is 16.2. The van der Waals surface area contributed by atoms with Crippen molar-refractivity contribution in [1.29, 1.82) is 0 Å². The number of halogens is 1. The predicted molar refractivity (Wildman–Crippen MR) is 132 cm³/mol. The first-order valence-corrected chi connectivity index (χ1v) is 11.6. The third-order valence-corrected chi connectivity index (χ3v) is 6.32. The van der Waals surface area contributed by atoms with Gasteiger partial charge in [0.25, 0.3) is 0 Å². The molecular weight excluding hydrogens is 468 g/mol. The Morgan fingerprint density at radius 3 is 2.78 bits per heavy atom. The third kappa shape index (κ3) is 4.98. The second kappa shape index (κ2) is 9.77. The van der Waals surface area contributed by atoms with Crippen molar-refractivity contribution in [2.24, 2.45) is 0 Å². The van der Waals surface area contributed by atoms with Gasteiger partial charge in [-0.2, -0.15) is 0 Å². The molecule has 2 N–H and O–H groups in total. The van der Waals surface area contributed by atoms with Crippen LogP contribution in [0.3, 0.4) is 0 Å². The van der Waals surface area contributed by atoms with Crippen LogP contribution in [0.25, 0.3) is 0 Å². The molecule has 0 amide bonds. The summed E-state index contributed by atoms with van der Waals surface area (Å²) >= 11 is 13.0. The maximum absolute atomic E-state index is 12.9. The third-order valence-electron chi connectivity index (χ3n) is 4.82. The number of anilines is 2. The molecule has 0 saturated carbocycles. The monoisotopic (exact) mass is 488 g/mol. The van der Waals surface area contributed by atoms with Crippen LogP contribution in [0.4, 0.5) is 10.7 Å². The summed E-state index contributed by atoms with van der Waals surface area (Å²) in [6.07, 6.45) is 0.545. The lowest BCUT2D eigenvalue weighted by Gasteiger charge is -2.12. The highest BCUT2D eigenvalue weighted by Gasteiger charge is 2.25.